The zero-order valence-electron chi connectivity index (χ0n) is 13.5. The molecule has 1 rings (SSSR count). The molecule has 0 aromatic heterocycles. The predicted octanol–water partition coefficient (Wildman–Crippen LogP) is 3.28. The summed E-state index contributed by atoms with van der Waals surface area (Å²) in [6.07, 6.45) is 1.72. The Kier molecular flexibility index (Phi) is 6.92. The van der Waals surface area contributed by atoms with Crippen LogP contribution in [0.4, 0.5) is 5.69 Å². The Bertz CT molecular complexity index is 492. The van der Waals surface area contributed by atoms with Gasteiger partial charge in [-0.3, -0.25) is 9.59 Å². The number of hydrogen-bond donors (Lipinski definition) is 1. The van der Waals surface area contributed by atoms with Crippen molar-refractivity contribution in [2.75, 3.05) is 18.4 Å². The molecule has 21 heavy (non-hydrogen) atoms. The number of aryl methyl sites for hydroxylation is 2. The topological polar surface area (TPSA) is 49.4 Å². The molecular formula is C17H26N2O2. The molecule has 0 saturated heterocycles. The maximum atomic E-state index is 12.1. The Labute approximate surface area is 127 Å². The highest BCUT2D eigenvalue weighted by molar-refractivity contribution is 6.03. The first-order valence-corrected chi connectivity index (χ1v) is 7.62. The second kappa shape index (κ2) is 8.45. The van der Waals surface area contributed by atoms with Crippen molar-refractivity contribution in [3.05, 3.63) is 29.3 Å². The van der Waals surface area contributed by atoms with Crippen molar-refractivity contribution in [3.63, 3.8) is 0 Å². The van der Waals surface area contributed by atoms with Gasteiger partial charge >= 0.3 is 0 Å². The van der Waals surface area contributed by atoms with Crippen LogP contribution in [-0.2, 0) is 9.59 Å². The third-order valence-corrected chi connectivity index (χ3v) is 3.44. The van der Waals surface area contributed by atoms with Crippen molar-refractivity contribution < 1.29 is 9.59 Å². The zero-order chi connectivity index (χ0) is 15.8. The quantitative estimate of drug-likeness (QED) is 0.783. The fraction of sp³-hybridized carbons (Fsp3) is 0.529. The summed E-state index contributed by atoms with van der Waals surface area (Å²) < 4.78 is 0. The van der Waals surface area contributed by atoms with Crippen LogP contribution < -0.4 is 5.32 Å². The monoisotopic (exact) mass is 290 g/mol. The van der Waals surface area contributed by atoms with E-state index in [9.17, 15) is 9.59 Å². The molecule has 0 radical (unpaired) electrons. The lowest BCUT2D eigenvalue weighted by Crippen LogP contribution is -2.35. The van der Waals surface area contributed by atoms with Crippen LogP contribution >= 0.6 is 0 Å². The van der Waals surface area contributed by atoms with Crippen LogP contribution in [0.2, 0.25) is 0 Å². The first-order chi connectivity index (χ1) is 9.97. The van der Waals surface area contributed by atoms with Gasteiger partial charge in [0.25, 0.3) is 0 Å². The van der Waals surface area contributed by atoms with Crippen LogP contribution in [0, 0.1) is 13.8 Å². The van der Waals surface area contributed by atoms with E-state index >= 15 is 0 Å². The summed E-state index contributed by atoms with van der Waals surface area (Å²) in [6.45, 7) is 9.52. The van der Waals surface area contributed by atoms with E-state index in [0.29, 0.717) is 13.1 Å². The van der Waals surface area contributed by atoms with Crippen molar-refractivity contribution in [1.29, 1.82) is 0 Å². The summed E-state index contributed by atoms with van der Waals surface area (Å²) in [6, 6.07) is 5.75. The van der Waals surface area contributed by atoms with E-state index in [-0.39, 0.29) is 18.2 Å². The van der Waals surface area contributed by atoms with Crippen LogP contribution in [-0.4, -0.2) is 29.8 Å². The van der Waals surface area contributed by atoms with Gasteiger partial charge in [0.1, 0.15) is 6.42 Å². The molecule has 116 valence electrons. The van der Waals surface area contributed by atoms with Crippen molar-refractivity contribution in [2.24, 2.45) is 0 Å². The summed E-state index contributed by atoms with van der Waals surface area (Å²) in [5.74, 6) is -0.347. The minimum absolute atomic E-state index is 0.0904. The van der Waals surface area contributed by atoms with E-state index in [0.717, 1.165) is 24.1 Å². The average molecular weight is 290 g/mol. The van der Waals surface area contributed by atoms with Crippen molar-refractivity contribution in [2.45, 2.75) is 47.0 Å². The minimum atomic E-state index is -0.250. The molecule has 1 aromatic carbocycles. The standard InChI is InChI=1S/C17H26N2O2/c1-5-9-19(10-6-2)17(21)12-16(20)18-15-8-7-13(3)14(4)11-15/h7-8,11H,5-6,9-10,12H2,1-4H3,(H,18,20). The summed E-state index contributed by atoms with van der Waals surface area (Å²) in [7, 11) is 0. The number of carbonyl (C=O) groups is 2. The lowest BCUT2D eigenvalue weighted by atomic mass is 10.1. The summed E-state index contributed by atoms with van der Waals surface area (Å²) in [4.78, 5) is 25.8. The number of nitrogens with zero attached hydrogens (tertiary/aromatic N) is 1. The Morgan fingerprint density at radius 1 is 1.05 bits per heavy atom. The van der Waals surface area contributed by atoms with Crippen LogP contribution in [0.15, 0.2) is 18.2 Å². The maximum absolute atomic E-state index is 12.1. The van der Waals surface area contributed by atoms with Gasteiger partial charge in [0.05, 0.1) is 0 Å². The lowest BCUT2D eigenvalue weighted by molar-refractivity contribution is -0.134. The average Bonchev–Trinajstić information content (AvgIpc) is 2.42. The first-order valence-electron chi connectivity index (χ1n) is 7.62. The molecule has 0 fully saturated rings. The first kappa shape index (κ1) is 17.2. The Balaban J connectivity index is 2.59. The Hall–Kier alpha value is -1.84. The van der Waals surface area contributed by atoms with E-state index in [2.05, 4.69) is 5.32 Å². The third kappa shape index (κ3) is 5.58. The molecule has 0 aliphatic heterocycles. The van der Waals surface area contributed by atoms with Crippen LogP contribution in [0.3, 0.4) is 0 Å². The van der Waals surface area contributed by atoms with E-state index in [1.165, 1.54) is 5.56 Å². The number of rotatable bonds is 7. The highest BCUT2D eigenvalue weighted by Gasteiger charge is 2.16. The highest BCUT2D eigenvalue weighted by atomic mass is 16.2. The Morgan fingerprint density at radius 3 is 2.19 bits per heavy atom. The number of amides is 2. The largest absolute Gasteiger partial charge is 0.342 e. The van der Waals surface area contributed by atoms with E-state index in [1.807, 2.05) is 45.9 Å². The third-order valence-electron chi connectivity index (χ3n) is 3.44. The molecule has 0 saturated carbocycles. The molecule has 0 spiro atoms. The molecule has 1 aromatic rings. The number of nitrogens with one attached hydrogen (secondary N) is 1. The number of benzene rings is 1. The zero-order valence-corrected chi connectivity index (χ0v) is 13.5. The molecular weight excluding hydrogens is 264 g/mol. The van der Waals surface area contributed by atoms with Gasteiger partial charge in [0.2, 0.25) is 11.8 Å². The van der Waals surface area contributed by atoms with Crippen LogP contribution in [0.5, 0.6) is 0 Å². The van der Waals surface area contributed by atoms with Gasteiger partial charge in [0, 0.05) is 18.8 Å². The second-order valence-corrected chi connectivity index (χ2v) is 5.40. The van der Waals surface area contributed by atoms with Crippen molar-refractivity contribution in [3.8, 4) is 0 Å². The highest BCUT2D eigenvalue weighted by Crippen LogP contribution is 2.14. The van der Waals surface area contributed by atoms with Gasteiger partial charge < -0.3 is 10.2 Å². The number of anilines is 1. The normalized spacial score (nSPS) is 10.3. The fourth-order valence-corrected chi connectivity index (χ4v) is 2.17. The van der Waals surface area contributed by atoms with Gasteiger partial charge in [-0.25, -0.2) is 0 Å². The molecule has 0 bridgehead atoms. The maximum Gasteiger partial charge on any atom is 0.233 e. The fourth-order valence-electron chi connectivity index (χ4n) is 2.17. The molecule has 1 N–H and O–H groups in total. The lowest BCUT2D eigenvalue weighted by Gasteiger charge is -2.21. The SMILES string of the molecule is CCCN(CCC)C(=O)CC(=O)Nc1ccc(C)c(C)c1. The second-order valence-electron chi connectivity index (χ2n) is 5.40. The molecule has 4 heteroatoms. The predicted molar refractivity (Wildman–Crippen MR) is 86.3 cm³/mol. The molecule has 0 heterocycles. The summed E-state index contributed by atoms with van der Waals surface area (Å²) in [5.41, 5.74) is 3.05. The van der Waals surface area contributed by atoms with Crippen LogP contribution in [0.25, 0.3) is 0 Å². The molecule has 2 amide bonds. The molecule has 0 aliphatic carbocycles. The molecule has 0 atom stereocenters. The van der Waals surface area contributed by atoms with Crippen LogP contribution in [0.1, 0.15) is 44.2 Å². The summed E-state index contributed by atoms with van der Waals surface area (Å²) in [5, 5.41) is 2.79. The summed E-state index contributed by atoms with van der Waals surface area (Å²) >= 11 is 0. The van der Waals surface area contributed by atoms with Crippen molar-refractivity contribution >= 4 is 17.5 Å². The van der Waals surface area contributed by atoms with E-state index < -0.39 is 0 Å². The molecule has 0 unspecified atom stereocenters. The van der Waals surface area contributed by atoms with Gasteiger partial charge in [-0.1, -0.05) is 19.9 Å². The van der Waals surface area contributed by atoms with Gasteiger partial charge in [0.15, 0.2) is 0 Å². The Morgan fingerprint density at radius 2 is 1.67 bits per heavy atom. The number of hydrogen-bond acceptors (Lipinski definition) is 2. The minimum Gasteiger partial charge on any atom is -0.342 e. The van der Waals surface area contributed by atoms with E-state index in [1.54, 1.807) is 4.90 Å². The van der Waals surface area contributed by atoms with E-state index in [4.69, 9.17) is 0 Å². The van der Waals surface area contributed by atoms with Gasteiger partial charge in [-0.05, 0) is 49.9 Å². The number of carbonyl (C=O) groups excluding carboxylic acids is 2. The molecule has 0 aliphatic rings. The van der Waals surface area contributed by atoms with Crippen molar-refractivity contribution in [1.82, 2.24) is 4.90 Å². The smallest absolute Gasteiger partial charge is 0.233 e. The van der Waals surface area contributed by atoms with Gasteiger partial charge in [-0.2, -0.15) is 0 Å². The van der Waals surface area contributed by atoms with Gasteiger partial charge in [-0.15, -0.1) is 0 Å². The molecule has 4 nitrogen and oxygen atoms in total.